The molecule has 0 aromatic rings. The molecule has 0 saturated heterocycles. The summed E-state index contributed by atoms with van der Waals surface area (Å²) in [7, 11) is 1.18. The van der Waals surface area contributed by atoms with Crippen molar-refractivity contribution in [1.29, 1.82) is 0 Å². The highest BCUT2D eigenvalue weighted by Gasteiger charge is 2.19. The van der Waals surface area contributed by atoms with Gasteiger partial charge in [0.05, 0.1) is 21.1 Å². The second kappa shape index (κ2) is 17.5. The third-order valence-corrected chi connectivity index (χ3v) is 5.61. The molecule has 2 atom stereocenters. The summed E-state index contributed by atoms with van der Waals surface area (Å²) in [4.78, 5) is 20.0. The third kappa shape index (κ3) is 24.0. The first kappa shape index (κ1) is 28.8. The van der Waals surface area contributed by atoms with Gasteiger partial charge in [-0.2, -0.15) is 0 Å². The van der Waals surface area contributed by atoms with E-state index in [1.807, 2.05) is 27.2 Å². The van der Waals surface area contributed by atoms with Crippen LogP contribution < -0.4 is 4.89 Å². The highest BCUT2D eigenvalue weighted by atomic mass is 31.2. The van der Waals surface area contributed by atoms with Gasteiger partial charge >= 0.3 is 0 Å². The van der Waals surface area contributed by atoms with Crippen LogP contribution in [0.2, 0.25) is 0 Å². The van der Waals surface area contributed by atoms with Crippen molar-refractivity contribution < 1.29 is 23.4 Å². The number of allylic oxidation sites excluding steroid dienone is 1. The van der Waals surface area contributed by atoms with Crippen molar-refractivity contribution in [2.75, 3.05) is 27.7 Å². The third-order valence-electron chi connectivity index (χ3n) is 5.07. The molecule has 0 amide bonds. The van der Waals surface area contributed by atoms with Crippen molar-refractivity contribution in [3.63, 3.8) is 0 Å². The summed E-state index contributed by atoms with van der Waals surface area (Å²) < 4.78 is 16.4. The average Bonchev–Trinajstić information content (AvgIpc) is 2.58. The monoisotopic (exact) mass is 433 g/mol. The number of unbranched alkanes of at least 4 members (excludes halogenated alkanes) is 14. The van der Waals surface area contributed by atoms with Gasteiger partial charge in [-0.1, -0.05) is 103 Å². The number of hydrogen-bond donors (Lipinski definition) is 1. The predicted octanol–water partition coefficient (Wildman–Crippen LogP) is 5.97. The van der Waals surface area contributed by atoms with Gasteiger partial charge < -0.3 is 18.8 Å². The van der Waals surface area contributed by atoms with Crippen molar-refractivity contribution >= 4 is 7.82 Å². The van der Waals surface area contributed by atoms with Gasteiger partial charge in [0.1, 0.15) is 12.6 Å². The topological polar surface area (TPSA) is 69.6 Å². The van der Waals surface area contributed by atoms with Crippen LogP contribution in [0.3, 0.4) is 0 Å². The summed E-state index contributed by atoms with van der Waals surface area (Å²) in [5.74, 6) is 0. The summed E-state index contributed by atoms with van der Waals surface area (Å²) in [5.41, 5.74) is 0. The Morgan fingerprint density at radius 1 is 0.862 bits per heavy atom. The molecule has 0 bridgehead atoms. The molecule has 2 unspecified atom stereocenters. The fourth-order valence-corrected chi connectivity index (χ4v) is 4.02. The Morgan fingerprint density at radius 3 is 1.66 bits per heavy atom. The van der Waals surface area contributed by atoms with Crippen LogP contribution in [0.5, 0.6) is 0 Å². The molecule has 0 spiro atoms. The van der Waals surface area contributed by atoms with Gasteiger partial charge in [-0.15, -0.1) is 0 Å². The normalized spacial score (nSPS) is 15.7. The van der Waals surface area contributed by atoms with E-state index in [1.165, 1.54) is 83.5 Å². The van der Waals surface area contributed by atoms with Crippen LogP contribution in [0.25, 0.3) is 0 Å². The molecule has 0 aliphatic carbocycles. The van der Waals surface area contributed by atoms with E-state index in [1.54, 1.807) is 6.08 Å². The molecule has 1 N–H and O–H groups in total. The largest absolute Gasteiger partial charge is 0.756 e. The summed E-state index contributed by atoms with van der Waals surface area (Å²) in [6, 6.07) is 0. The first-order valence-electron chi connectivity index (χ1n) is 11.8. The van der Waals surface area contributed by atoms with E-state index < -0.39 is 13.9 Å². The molecular weight excluding hydrogens is 385 g/mol. The van der Waals surface area contributed by atoms with Crippen LogP contribution >= 0.6 is 7.82 Å². The highest BCUT2D eigenvalue weighted by Crippen LogP contribution is 2.33. The van der Waals surface area contributed by atoms with Gasteiger partial charge in [0.25, 0.3) is 7.82 Å². The van der Waals surface area contributed by atoms with E-state index in [-0.39, 0.29) is 0 Å². The molecule has 0 aromatic carbocycles. The van der Waals surface area contributed by atoms with Gasteiger partial charge in [0.2, 0.25) is 0 Å². The van der Waals surface area contributed by atoms with Crippen molar-refractivity contribution in [3.05, 3.63) is 12.2 Å². The molecule has 0 aromatic heterocycles. The van der Waals surface area contributed by atoms with Crippen molar-refractivity contribution in [2.24, 2.45) is 0 Å². The molecule has 0 rings (SSSR count). The lowest BCUT2D eigenvalue weighted by Crippen LogP contribution is -2.41. The van der Waals surface area contributed by atoms with Crippen molar-refractivity contribution in [3.8, 4) is 0 Å². The van der Waals surface area contributed by atoms with E-state index in [0.717, 1.165) is 12.8 Å². The molecule has 0 saturated carbocycles. The molecule has 5 nitrogen and oxygen atoms in total. The molecule has 0 aliphatic rings. The van der Waals surface area contributed by atoms with E-state index in [4.69, 9.17) is 9.42 Å². The summed E-state index contributed by atoms with van der Waals surface area (Å²) in [5, 5.41) is 0. The number of hydrogen-bond acceptors (Lipinski definition) is 3. The van der Waals surface area contributed by atoms with Crippen molar-refractivity contribution in [1.82, 2.24) is 0 Å². The van der Waals surface area contributed by atoms with Gasteiger partial charge in [-0.3, -0.25) is 4.57 Å². The lowest BCUT2D eigenvalue weighted by Gasteiger charge is -2.29. The number of quaternary nitrogens is 1. The number of nitrogens with zero attached hydrogens (tertiary/aromatic N) is 1. The molecule has 0 aliphatic heterocycles. The Morgan fingerprint density at radius 2 is 1.28 bits per heavy atom. The van der Waals surface area contributed by atoms with Crippen LogP contribution in [0.1, 0.15) is 103 Å². The SMILES string of the molecule is CCCCCCCCCCCCCCCCC=CC(C[N+](C)(C)C)OP(=O)([O-])O. The Balaban J connectivity index is 3.63. The Bertz CT molecular complexity index is 443. The minimum atomic E-state index is -4.71. The number of likely N-dealkylation sites (N-methyl/N-ethyl adjacent to an activating group) is 1. The van der Waals surface area contributed by atoms with Gasteiger partial charge in [-0.25, -0.2) is 0 Å². The fraction of sp³-hybridized carbons (Fsp3) is 0.913. The van der Waals surface area contributed by atoms with Crippen LogP contribution in [0.15, 0.2) is 12.2 Å². The summed E-state index contributed by atoms with van der Waals surface area (Å²) in [6.07, 6.45) is 22.9. The van der Waals surface area contributed by atoms with Gasteiger partial charge in [0, 0.05) is 0 Å². The maximum absolute atomic E-state index is 11.0. The zero-order valence-corrected chi connectivity index (χ0v) is 20.5. The quantitative estimate of drug-likeness (QED) is 0.111. The lowest BCUT2D eigenvalue weighted by molar-refractivity contribution is -0.872. The Hall–Kier alpha value is -0.190. The second-order valence-electron chi connectivity index (χ2n) is 9.40. The smallest absolute Gasteiger partial charge is 0.266 e. The predicted molar refractivity (Wildman–Crippen MR) is 122 cm³/mol. The molecule has 0 radical (unpaired) electrons. The number of rotatable bonds is 20. The molecule has 174 valence electrons. The van der Waals surface area contributed by atoms with Gasteiger partial charge in [-0.05, 0) is 12.8 Å². The van der Waals surface area contributed by atoms with E-state index >= 15 is 0 Å². The second-order valence-corrected chi connectivity index (χ2v) is 10.5. The van der Waals surface area contributed by atoms with Crippen LogP contribution in [-0.2, 0) is 9.09 Å². The van der Waals surface area contributed by atoms with Crippen LogP contribution in [0, 0.1) is 0 Å². The van der Waals surface area contributed by atoms with E-state index in [9.17, 15) is 9.46 Å². The van der Waals surface area contributed by atoms with Crippen LogP contribution in [0.4, 0.5) is 0 Å². The minimum absolute atomic E-state index is 0.488. The molecular formula is C23H48NO4P. The number of phosphoric acid groups is 1. The summed E-state index contributed by atoms with van der Waals surface area (Å²) >= 11 is 0. The number of phosphoric ester groups is 1. The maximum Gasteiger partial charge on any atom is 0.266 e. The van der Waals surface area contributed by atoms with Crippen LogP contribution in [-0.4, -0.2) is 43.2 Å². The molecule has 29 heavy (non-hydrogen) atoms. The first-order valence-corrected chi connectivity index (χ1v) is 13.3. The average molecular weight is 434 g/mol. The zero-order valence-electron chi connectivity index (χ0n) is 19.6. The highest BCUT2D eigenvalue weighted by molar-refractivity contribution is 7.44. The molecule has 0 fully saturated rings. The van der Waals surface area contributed by atoms with E-state index in [2.05, 4.69) is 6.92 Å². The Labute approximate surface area is 180 Å². The molecule has 0 heterocycles. The first-order chi connectivity index (χ1) is 13.6. The maximum atomic E-state index is 11.0. The molecule has 6 heteroatoms. The lowest BCUT2D eigenvalue weighted by atomic mass is 10.0. The minimum Gasteiger partial charge on any atom is -0.756 e. The fourth-order valence-electron chi connectivity index (χ4n) is 3.54. The summed E-state index contributed by atoms with van der Waals surface area (Å²) in [6.45, 7) is 2.75. The van der Waals surface area contributed by atoms with E-state index in [0.29, 0.717) is 11.0 Å². The zero-order chi connectivity index (χ0) is 22.0. The Kier molecular flexibility index (Phi) is 17.4. The standard InChI is InChI=1S/C23H48NO4P/c1-5-6-7-8-9-10-11-12-13-14-15-16-17-18-19-20-21-23(22-24(2,3)4)28-29(25,26)27/h20-21,23H,5-19,22H2,1-4H3,(H-,25,26,27). The van der Waals surface area contributed by atoms with Gasteiger partial charge in [0.15, 0.2) is 0 Å². The van der Waals surface area contributed by atoms with Crippen molar-refractivity contribution in [2.45, 2.75) is 109 Å².